The van der Waals surface area contributed by atoms with Gasteiger partial charge in [0.2, 0.25) is 0 Å². The third-order valence-electron chi connectivity index (χ3n) is 2.85. The summed E-state index contributed by atoms with van der Waals surface area (Å²) in [7, 11) is 0. The van der Waals surface area contributed by atoms with Gasteiger partial charge in [0.05, 0.1) is 5.92 Å². The number of aliphatic carboxylic acids is 1. The Labute approximate surface area is 105 Å². The Morgan fingerprint density at radius 2 is 1.78 bits per heavy atom. The Morgan fingerprint density at radius 1 is 1.06 bits per heavy atom. The van der Waals surface area contributed by atoms with Crippen LogP contribution in [0.25, 0.3) is 0 Å². The number of benzene rings is 2. The molecule has 0 saturated heterocycles. The van der Waals surface area contributed by atoms with Gasteiger partial charge in [-0.3, -0.25) is 4.79 Å². The Morgan fingerprint density at radius 3 is 2.39 bits per heavy atom. The normalized spacial score (nSPS) is 12.0. The van der Waals surface area contributed by atoms with E-state index in [1.54, 1.807) is 18.2 Å². The predicted octanol–water partition coefficient (Wildman–Crippen LogP) is 2.80. The SMILES string of the molecule is O=C(O)C(Cc1cccc(O)c1)c1ccccc1. The van der Waals surface area contributed by atoms with E-state index in [9.17, 15) is 15.0 Å². The lowest BCUT2D eigenvalue weighted by molar-refractivity contribution is -0.138. The number of phenolic OH excluding ortho intramolecular Hbond substituents is 1. The van der Waals surface area contributed by atoms with Crippen molar-refractivity contribution in [3.63, 3.8) is 0 Å². The van der Waals surface area contributed by atoms with Crippen molar-refractivity contribution in [2.75, 3.05) is 0 Å². The number of rotatable bonds is 4. The first-order chi connectivity index (χ1) is 8.66. The number of carboxylic acids is 1. The van der Waals surface area contributed by atoms with Gasteiger partial charge in [-0.2, -0.15) is 0 Å². The van der Waals surface area contributed by atoms with Crippen LogP contribution in [-0.2, 0) is 11.2 Å². The summed E-state index contributed by atoms with van der Waals surface area (Å²) in [5, 5.41) is 18.7. The number of carbonyl (C=O) groups is 1. The van der Waals surface area contributed by atoms with Crippen LogP contribution < -0.4 is 0 Å². The second-order valence-corrected chi connectivity index (χ2v) is 4.18. The Bertz CT molecular complexity index is 534. The zero-order chi connectivity index (χ0) is 13.0. The van der Waals surface area contributed by atoms with E-state index in [4.69, 9.17) is 0 Å². The lowest BCUT2D eigenvalue weighted by Gasteiger charge is -2.12. The quantitative estimate of drug-likeness (QED) is 0.866. The molecule has 0 spiro atoms. The maximum atomic E-state index is 11.3. The van der Waals surface area contributed by atoms with Gasteiger partial charge in [0, 0.05) is 0 Å². The molecule has 0 aliphatic heterocycles. The molecular weight excluding hydrogens is 228 g/mol. The molecule has 1 atom stereocenters. The largest absolute Gasteiger partial charge is 0.508 e. The van der Waals surface area contributed by atoms with Crippen molar-refractivity contribution < 1.29 is 15.0 Å². The molecule has 0 saturated carbocycles. The van der Waals surface area contributed by atoms with E-state index in [0.717, 1.165) is 11.1 Å². The van der Waals surface area contributed by atoms with Crippen molar-refractivity contribution in [1.29, 1.82) is 0 Å². The highest BCUT2D eigenvalue weighted by atomic mass is 16.4. The minimum absolute atomic E-state index is 0.157. The van der Waals surface area contributed by atoms with Crippen LogP contribution in [0.5, 0.6) is 5.75 Å². The van der Waals surface area contributed by atoms with Crippen LogP contribution in [0.2, 0.25) is 0 Å². The number of hydrogen-bond donors (Lipinski definition) is 2. The third kappa shape index (κ3) is 2.88. The van der Waals surface area contributed by atoms with E-state index in [-0.39, 0.29) is 5.75 Å². The molecule has 2 aromatic rings. The number of hydrogen-bond acceptors (Lipinski definition) is 2. The van der Waals surface area contributed by atoms with E-state index < -0.39 is 11.9 Å². The molecule has 2 aromatic carbocycles. The van der Waals surface area contributed by atoms with Crippen LogP contribution in [0.4, 0.5) is 0 Å². The third-order valence-corrected chi connectivity index (χ3v) is 2.85. The second kappa shape index (κ2) is 5.36. The Hall–Kier alpha value is -2.29. The van der Waals surface area contributed by atoms with Crippen LogP contribution in [0.3, 0.4) is 0 Å². The lowest BCUT2D eigenvalue weighted by Crippen LogP contribution is -2.14. The van der Waals surface area contributed by atoms with Crippen LogP contribution in [0.1, 0.15) is 17.0 Å². The van der Waals surface area contributed by atoms with Gasteiger partial charge in [-0.1, -0.05) is 42.5 Å². The summed E-state index contributed by atoms with van der Waals surface area (Å²) in [5.41, 5.74) is 1.58. The maximum absolute atomic E-state index is 11.3. The highest BCUT2D eigenvalue weighted by molar-refractivity contribution is 5.76. The number of carboxylic acid groups (broad SMARTS) is 1. The second-order valence-electron chi connectivity index (χ2n) is 4.18. The average molecular weight is 242 g/mol. The Kier molecular flexibility index (Phi) is 3.63. The minimum atomic E-state index is -0.857. The van der Waals surface area contributed by atoms with Crippen LogP contribution in [0, 0.1) is 0 Å². The molecule has 0 fully saturated rings. The zero-order valence-electron chi connectivity index (χ0n) is 9.78. The van der Waals surface area contributed by atoms with Crippen LogP contribution >= 0.6 is 0 Å². The molecule has 0 aromatic heterocycles. The van der Waals surface area contributed by atoms with E-state index in [0.29, 0.717) is 6.42 Å². The topological polar surface area (TPSA) is 57.5 Å². The molecule has 3 heteroatoms. The summed E-state index contributed by atoms with van der Waals surface area (Å²) in [4.78, 5) is 11.3. The molecule has 0 aliphatic rings. The van der Waals surface area contributed by atoms with Gasteiger partial charge >= 0.3 is 5.97 Å². The summed E-state index contributed by atoms with van der Waals surface area (Å²) in [6.07, 6.45) is 0.369. The van der Waals surface area contributed by atoms with Gasteiger partial charge in [0.1, 0.15) is 5.75 Å². The van der Waals surface area contributed by atoms with E-state index >= 15 is 0 Å². The fourth-order valence-electron chi connectivity index (χ4n) is 1.95. The molecule has 0 amide bonds. The predicted molar refractivity (Wildman–Crippen MR) is 68.6 cm³/mol. The summed E-state index contributed by atoms with van der Waals surface area (Å²) in [5.74, 6) is -1.29. The highest BCUT2D eigenvalue weighted by Crippen LogP contribution is 2.22. The number of phenols is 1. The fourth-order valence-corrected chi connectivity index (χ4v) is 1.95. The first-order valence-corrected chi connectivity index (χ1v) is 5.72. The first-order valence-electron chi connectivity index (χ1n) is 5.72. The van der Waals surface area contributed by atoms with Crippen LogP contribution in [0.15, 0.2) is 54.6 Å². The van der Waals surface area contributed by atoms with Gasteiger partial charge in [-0.25, -0.2) is 0 Å². The smallest absolute Gasteiger partial charge is 0.311 e. The van der Waals surface area contributed by atoms with E-state index in [1.165, 1.54) is 0 Å². The van der Waals surface area contributed by atoms with Gasteiger partial charge in [0.25, 0.3) is 0 Å². The molecule has 1 unspecified atom stereocenters. The lowest BCUT2D eigenvalue weighted by atomic mass is 9.92. The fraction of sp³-hybridized carbons (Fsp3) is 0.133. The Balaban J connectivity index is 2.25. The monoisotopic (exact) mass is 242 g/mol. The molecule has 18 heavy (non-hydrogen) atoms. The van der Waals surface area contributed by atoms with Crippen LogP contribution in [-0.4, -0.2) is 16.2 Å². The average Bonchev–Trinajstić information content (AvgIpc) is 2.37. The molecule has 0 radical (unpaired) electrons. The van der Waals surface area contributed by atoms with Crippen molar-refractivity contribution in [2.24, 2.45) is 0 Å². The molecule has 0 bridgehead atoms. The van der Waals surface area contributed by atoms with Gasteiger partial charge < -0.3 is 10.2 Å². The standard InChI is InChI=1S/C15H14O3/c16-13-8-4-5-11(9-13)10-14(15(17)18)12-6-2-1-3-7-12/h1-9,14,16H,10H2,(H,17,18). The van der Waals surface area contributed by atoms with Gasteiger partial charge in [0.15, 0.2) is 0 Å². The van der Waals surface area contributed by atoms with Crippen molar-refractivity contribution in [1.82, 2.24) is 0 Å². The molecule has 92 valence electrons. The number of aromatic hydroxyl groups is 1. The zero-order valence-corrected chi connectivity index (χ0v) is 9.78. The maximum Gasteiger partial charge on any atom is 0.311 e. The summed E-state index contributed by atoms with van der Waals surface area (Å²) >= 11 is 0. The van der Waals surface area contributed by atoms with E-state index in [2.05, 4.69) is 0 Å². The van der Waals surface area contributed by atoms with Crippen molar-refractivity contribution in [3.05, 3.63) is 65.7 Å². The molecule has 2 rings (SSSR count). The highest BCUT2D eigenvalue weighted by Gasteiger charge is 2.19. The minimum Gasteiger partial charge on any atom is -0.508 e. The first kappa shape index (κ1) is 12.2. The summed E-state index contributed by atoms with van der Waals surface area (Å²) in [6.45, 7) is 0. The molecular formula is C15H14O3. The molecule has 0 heterocycles. The van der Waals surface area contributed by atoms with Gasteiger partial charge in [-0.15, -0.1) is 0 Å². The summed E-state index contributed by atoms with van der Waals surface area (Å²) < 4.78 is 0. The summed E-state index contributed by atoms with van der Waals surface area (Å²) in [6, 6.07) is 15.8. The molecule has 0 aliphatic carbocycles. The molecule has 2 N–H and O–H groups in total. The molecule has 3 nitrogen and oxygen atoms in total. The van der Waals surface area contributed by atoms with Crippen molar-refractivity contribution >= 4 is 5.97 Å². The van der Waals surface area contributed by atoms with Gasteiger partial charge in [-0.05, 0) is 29.7 Å². The van der Waals surface area contributed by atoms with E-state index in [1.807, 2.05) is 36.4 Å². The van der Waals surface area contributed by atoms with Crippen molar-refractivity contribution in [3.8, 4) is 5.75 Å². The van der Waals surface area contributed by atoms with Crippen molar-refractivity contribution in [2.45, 2.75) is 12.3 Å².